The van der Waals surface area contributed by atoms with Gasteiger partial charge in [-0.2, -0.15) is 0 Å². The molecule has 2 aromatic heterocycles. The van der Waals surface area contributed by atoms with Gasteiger partial charge < -0.3 is 4.98 Å². The molecule has 2 rings (SSSR count). The Morgan fingerprint density at radius 3 is 3.06 bits per heavy atom. The highest BCUT2D eigenvalue weighted by Gasteiger charge is 2.20. The number of aromatic amines is 1. The number of rotatable bonds is 5. The van der Waals surface area contributed by atoms with Crippen molar-refractivity contribution in [3.8, 4) is 0 Å². The molecule has 0 amide bonds. The zero-order chi connectivity index (χ0) is 13.1. The lowest BCUT2D eigenvalue weighted by atomic mass is 9.94. The molecule has 0 saturated carbocycles. The van der Waals surface area contributed by atoms with Gasteiger partial charge in [-0.1, -0.05) is 38.3 Å². The van der Waals surface area contributed by atoms with E-state index in [4.69, 9.17) is 11.6 Å². The first-order valence-electron chi connectivity index (χ1n) is 6.31. The highest BCUT2D eigenvalue weighted by atomic mass is 35.5. The number of ketones is 1. The fourth-order valence-corrected chi connectivity index (χ4v) is 2.37. The van der Waals surface area contributed by atoms with Crippen LogP contribution in [0.5, 0.6) is 0 Å². The van der Waals surface area contributed by atoms with E-state index in [0.29, 0.717) is 16.2 Å². The van der Waals surface area contributed by atoms with Crippen LogP contribution in [-0.2, 0) is 0 Å². The molecule has 0 spiro atoms. The third-order valence-electron chi connectivity index (χ3n) is 3.23. The minimum absolute atomic E-state index is 0.0280. The summed E-state index contributed by atoms with van der Waals surface area (Å²) in [5, 5.41) is 1.32. The Labute approximate surface area is 112 Å². The van der Waals surface area contributed by atoms with Crippen molar-refractivity contribution in [1.82, 2.24) is 9.97 Å². The third kappa shape index (κ3) is 2.41. The zero-order valence-electron chi connectivity index (χ0n) is 10.7. The molecule has 1 unspecified atom stereocenters. The SMILES string of the molecule is CCCCC(C)C(=O)c1c[nH]c2nccc(Cl)c12. The van der Waals surface area contributed by atoms with Crippen LogP contribution in [0, 0.1) is 5.92 Å². The summed E-state index contributed by atoms with van der Waals surface area (Å²) in [5.41, 5.74) is 1.33. The Balaban J connectivity index is 2.33. The van der Waals surface area contributed by atoms with Crippen molar-refractivity contribution in [2.75, 3.05) is 0 Å². The summed E-state index contributed by atoms with van der Waals surface area (Å²) in [6.07, 6.45) is 6.44. The molecule has 1 atom stereocenters. The second kappa shape index (κ2) is 5.53. The van der Waals surface area contributed by atoms with E-state index in [0.717, 1.165) is 24.6 Å². The summed E-state index contributed by atoms with van der Waals surface area (Å²) in [6, 6.07) is 1.71. The van der Waals surface area contributed by atoms with Crippen LogP contribution in [0.1, 0.15) is 43.5 Å². The van der Waals surface area contributed by atoms with Crippen LogP contribution in [0.15, 0.2) is 18.5 Å². The van der Waals surface area contributed by atoms with Crippen LogP contribution in [0.4, 0.5) is 0 Å². The average Bonchev–Trinajstić information content (AvgIpc) is 2.80. The summed E-state index contributed by atoms with van der Waals surface area (Å²) in [6.45, 7) is 4.10. The Morgan fingerprint density at radius 1 is 1.56 bits per heavy atom. The second-order valence-electron chi connectivity index (χ2n) is 4.63. The second-order valence-corrected chi connectivity index (χ2v) is 5.03. The van der Waals surface area contributed by atoms with Gasteiger partial charge in [0.2, 0.25) is 0 Å². The number of aromatic nitrogens is 2. The first-order chi connectivity index (χ1) is 8.65. The van der Waals surface area contributed by atoms with E-state index in [1.54, 1.807) is 18.5 Å². The Kier molecular flexibility index (Phi) is 4.02. The van der Waals surface area contributed by atoms with Crippen molar-refractivity contribution in [3.05, 3.63) is 29.0 Å². The van der Waals surface area contributed by atoms with E-state index < -0.39 is 0 Å². The molecule has 0 aliphatic carbocycles. The molecule has 1 N–H and O–H groups in total. The van der Waals surface area contributed by atoms with Gasteiger partial charge in [-0.25, -0.2) is 4.98 Å². The van der Waals surface area contributed by atoms with Crippen LogP contribution in [0.3, 0.4) is 0 Å². The highest BCUT2D eigenvalue weighted by molar-refractivity contribution is 6.36. The number of pyridine rings is 1. The van der Waals surface area contributed by atoms with Crippen LogP contribution in [-0.4, -0.2) is 15.8 Å². The van der Waals surface area contributed by atoms with Gasteiger partial charge in [-0.3, -0.25) is 4.79 Å². The number of fused-ring (bicyclic) bond motifs is 1. The molecule has 0 fully saturated rings. The van der Waals surface area contributed by atoms with Gasteiger partial charge in [0.05, 0.1) is 5.02 Å². The molecular weight excluding hydrogens is 248 g/mol. The van der Waals surface area contributed by atoms with Crippen molar-refractivity contribution < 1.29 is 4.79 Å². The molecule has 0 bridgehead atoms. The van der Waals surface area contributed by atoms with Crippen molar-refractivity contribution in [2.45, 2.75) is 33.1 Å². The molecule has 0 aliphatic heterocycles. The quantitative estimate of drug-likeness (QED) is 0.822. The number of halogens is 1. The highest BCUT2D eigenvalue weighted by Crippen LogP contribution is 2.27. The normalized spacial score (nSPS) is 12.8. The lowest BCUT2D eigenvalue weighted by Crippen LogP contribution is -2.10. The van der Waals surface area contributed by atoms with E-state index in [-0.39, 0.29) is 11.7 Å². The predicted octanol–water partition coefficient (Wildman–Crippen LogP) is 4.23. The number of H-pyrrole nitrogens is 1. The van der Waals surface area contributed by atoms with Crippen LogP contribution in [0.2, 0.25) is 5.02 Å². The first-order valence-corrected chi connectivity index (χ1v) is 6.68. The number of nitrogens with zero attached hydrogens (tertiary/aromatic N) is 1. The third-order valence-corrected chi connectivity index (χ3v) is 3.54. The van der Waals surface area contributed by atoms with Crippen LogP contribution in [0.25, 0.3) is 11.0 Å². The fraction of sp³-hybridized carbons (Fsp3) is 0.429. The molecule has 0 radical (unpaired) electrons. The number of hydrogen-bond donors (Lipinski definition) is 1. The van der Waals surface area contributed by atoms with Crippen molar-refractivity contribution in [1.29, 1.82) is 0 Å². The average molecular weight is 265 g/mol. The van der Waals surface area contributed by atoms with E-state index in [2.05, 4.69) is 16.9 Å². The molecule has 4 heteroatoms. The summed E-state index contributed by atoms with van der Waals surface area (Å²) in [5.74, 6) is 0.171. The fourth-order valence-electron chi connectivity index (χ4n) is 2.12. The molecule has 0 aromatic carbocycles. The topological polar surface area (TPSA) is 45.8 Å². The first kappa shape index (κ1) is 13.1. The van der Waals surface area contributed by atoms with Gasteiger partial charge >= 0.3 is 0 Å². The van der Waals surface area contributed by atoms with Crippen molar-refractivity contribution in [2.24, 2.45) is 5.92 Å². The summed E-state index contributed by atoms with van der Waals surface area (Å²) in [4.78, 5) is 19.6. The lowest BCUT2D eigenvalue weighted by Gasteiger charge is -2.08. The van der Waals surface area contributed by atoms with E-state index >= 15 is 0 Å². The maximum atomic E-state index is 12.4. The predicted molar refractivity (Wildman–Crippen MR) is 74.1 cm³/mol. The molecule has 2 aromatic rings. The van der Waals surface area contributed by atoms with Crippen molar-refractivity contribution >= 4 is 28.4 Å². The van der Waals surface area contributed by atoms with E-state index in [1.807, 2.05) is 6.92 Å². The number of carbonyl (C=O) groups is 1. The van der Waals surface area contributed by atoms with Gasteiger partial charge in [0, 0.05) is 29.3 Å². The van der Waals surface area contributed by atoms with Crippen LogP contribution < -0.4 is 0 Å². The number of unbranched alkanes of at least 4 members (excludes halogenated alkanes) is 1. The largest absolute Gasteiger partial charge is 0.345 e. The Morgan fingerprint density at radius 2 is 2.33 bits per heavy atom. The van der Waals surface area contributed by atoms with Gasteiger partial charge in [0.15, 0.2) is 5.78 Å². The zero-order valence-corrected chi connectivity index (χ0v) is 11.4. The summed E-state index contributed by atoms with van der Waals surface area (Å²) in [7, 11) is 0. The molecule has 3 nitrogen and oxygen atoms in total. The molecule has 0 aliphatic rings. The molecular formula is C14H17ClN2O. The molecule has 96 valence electrons. The van der Waals surface area contributed by atoms with Gasteiger partial charge in [-0.05, 0) is 12.5 Å². The van der Waals surface area contributed by atoms with E-state index in [1.165, 1.54) is 0 Å². The maximum Gasteiger partial charge on any atom is 0.167 e. The molecule has 0 saturated heterocycles. The number of hydrogen-bond acceptors (Lipinski definition) is 2. The number of Topliss-reactive ketones (excluding diaryl/α,β-unsaturated/α-hetero) is 1. The monoisotopic (exact) mass is 264 g/mol. The maximum absolute atomic E-state index is 12.4. The summed E-state index contributed by atoms with van der Waals surface area (Å²) < 4.78 is 0. The standard InChI is InChI=1S/C14H17ClN2O/c1-3-4-5-9(2)13(18)10-8-17-14-12(10)11(15)6-7-16-14/h6-9H,3-5H2,1-2H3,(H,16,17). The van der Waals surface area contributed by atoms with E-state index in [9.17, 15) is 4.79 Å². The summed E-state index contributed by atoms with van der Waals surface area (Å²) >= 11 is 6.14. The van der Waals surface area contributed by atoms with Crippen molar-refractivity contribution in [3.63, 3.8) is 0 Å². The van der Waals surface area contributed by atoms with Gasteiger partial charge in [-0.15, -0.1) is 0 Å². The smallest absolute Gasteiger partial charge is 0.167 e. The minimum atomic E-state index is 0.0280. The minimum Gasteiger partial charge on any atom is -0.345 e. The molecule has 2 heterocycles. The Bertz CT molecular complexity index is 562. The molecule has 18 heavy (non-hydrogen) atoms. The van der Waals surface area contributed by atoms with Gasteiger partial charge in [0.25, 0.3) is 0 Å². The number of carbonyl (C=O) groups excluding carboxylic acids is 1. The number of nitrogens with one attached hydrogen (secondary N) is 1. The van der Waals surface area contributed by atoms with Crippen LogP contribution >= 0.6 is 11.6 Å². The Hall–Kier alpha value is -1.35. The lowest BCUT2D eigenvalue weighted by molar-refractivity contribution is 0.0924. The van der Waals surface area contributed by atoms with Gasteiger partial charge in [0.1, 0.15) is 5.65 Å².